The minimum absolute atomic E-state index is 0.349. The number of hydrogen-bond acceptors (Lipinski definition) is 2. The van der Waals surface area contributed by atoms with Crippen molar-refractivity contribution in [3.8, 4) is 0 Å². The van der Waals surface area contributed by atoms with Crippen LogP contribution in [0.1, 0.15) is 0 Å². The molecule has 0 spiro atoms. The summed E-state index contributed by atoms with van der Waals surface area (Å²) in [7, 11) is 0. The summed E-state index contributed by atoms with van der Waals surface area (Å²) in [5.41, 5.74) is 0.588. The fraction of sp³-hybridized carbons (Fsp3) is 0.286. The molecule has 0 aliphatic rings. The van der Waals surface area contributed by atoms with Crippen molar-refractivity contribution in [2.75, 3.05) is 11.9 Å². The number of nitrogens with one attached hydrogen (secondary N) is 1. The number of anilines is 1. The van der Waals surface area contributed by atoms with E-state index in [0.717, 1.165) is 4.47 Å². The topological polar surface area (TPSA) is 24.9 Å². The summed E-state index contributed by atoms with van der Waals surface area (Å²) >= 11 is 3.18. The fourth-order valence-corrected chi connectivity index (χ4v) is 1.07. The molecule has 66 valence electrons. The normalized spacial score (nSPS) is 10.3. The van der Waals surface area contributed by atoms with Crippen LogP contribution in [0.4, 0.5) is 14.5 Å². The third kappa shape index (κ3) is 3.13. The van der Waals surface area contributed by atoms with E-state index in [1.807, 2.05) is 0 Å². The molecule has 0 fully saturated rings. The van der Waals surface area contributed by atoms with E-state index in [-0.39, 0.29) is 6.54 Å². The summed E-state index contributed by atoms with van der Waals surface area (Å²) < 4.78 is 24.2. The van der Waals surface area contributed by atoms with Crippen molar-refractivity contribution in [3.63, 3.8) is 0 Å². The zero-order chi connectivity index (χ0) is 8.97. The van der Waals surface area contributed by atoms with E-state index >= 15 is 0 Å². The van der Waals surface area contributed by atoms with Gasteiger partial charge in [-0.1, -0.05) is 0 Å². The van der Waals surface area contributed by atoms with Crippen LogP contribution in [0.2, 0.25) is 0 Å². The van der Waals surface area contributed by atoms with Gasteiger partial charge >= 0.3 is 0 Å². The minimum Gasteiger partial charge on any atom is -0.378 e. The van der Waals surface area contributed by atoms with Crippen molar-refractivity contribution in [3.05, 3.63) is 22.9 Å². The van der Waals surface area contributed by atoms with Crippen molar-refractivity contribution < 1.29 is 8.78 Å². The number of halogens is 3. The zero-order valence-electron chi connectivity index (χ0n) is 6.10. The Morgan fingerprint density at radius 2 is 2.25 bits per heavy atom. The largest absolute Gasteiger partial charge is 0.378 e. The number of nitrogens with zero attached hydrogens (tertiary/aromatic N) is 1. The van der Waals surface area contributed by atoms with Gasteiger partial charge in [0.25, 0.3) is 6.43 Å². The lowest BCUT2D eigenvalue weighted by Crippen LogP contribution is -2.10. The molecule has 1 N–H and O–H groups in total. The first-order valence-corrected chi connectivity index (χ1v) is 4.10. The van der Waals surface area contributed by atoms with Gasteiger partial charge in [0.05, 0.1) is 18.4 Å². The predicted octanol–water partition coefficient (Wildman–Crippen LogP) is 2.52. The summed E-state index contributed by atoms with van der Waals surface area (Å²) in [6, 6.07) is 1.69. The van der Waals surface area contributed by atoms with Crippen LogP contribution in [-0.4, -0.2) is 18.0 Å². The molecule has 0 unspecified atom stereocenters. The predicted molar refractivity (Wildman–Crippen MR) is 46.4 cm³/mol. The molecule has 1 heterocycles. The van der Waals surface area contributed by atoms with Crippen LogP contribution in [0.25, 0.3) is 0 Å². The summed E-state index contributed by atoms with van der Waals surface area (Å²) in [6.45, 7) is -0.349. The Kier molecular flexibility index (Phi) is 3.40. The van der Waals surface area contributed by atoms with Gasteiger partial charge in [-0.2, -0.15) is 0 Å². The number of aromatic nitrogens is 1. The molecule has 5 heteroatoms. The van der Waals surface area contributed by atoms with Crippen molar-refractivity contribution in [2.45, 2.75) is 6.43 Å². The molecular weight excluding hydrogens is 230 g/mol. The first-order chi connectivity index (χ1) is 5.68. The Morgan fingerprint density at radius 1 is 1.50 bits per heavy atom. The Labute approximate surface area is 77.1 Å². The molecule has 0 amide bonds. The van der Waals surface area contributed by atoms with E-state index in [4.69, 9.17) is 0 Å². The van der Waals surface area contributed by atoms with Gasteiger partial charge in [-0.05, 0) is 22.0 Å². The molecule has 0 bridgehead atoms. The first kappa shape index (κ1) is 9.38. The van der Waals surface area contributed by atoms with Gasteiger partial charge in [0.1, 0.15) is 0 Å². The van der Waals surface area contributed by atoms with E-state index in [1.54, 1.807) is 12.3 Å². The van der Waals surface area contributed by atoms with Gasteiger partial charge in [0.15, 0.2) is 0 Å². The molecule has 1 aromatic rings. The summed E-state index contributed by atoms with van der Waals surface area (Å²) in [5.74, 6) is 0. The molecular formula is C7H7BrF2N2. The lowest BCUT2D eigenvalue weighted by Gasteiger charge is -2.04. The second-order valence-electron chi connectivity index (χ2n) is 2.16. The molecule has 0 radical (unpaired) electrons. The average Bonchev–Trinajstić information content (AvgIpc) is 2.01. The van der Waals surface area contributed by atoms with Crippen LogP contribution >= 0.6 is 15.9 Å². The van der Waals surface area contributed by atoms with Crippen molar-refractivity contribution in [2.24, 2.45) is 0 Å². The third-order valence-corrected chi connectivity index (χ3v) is 1.60. The summed E-state index contributed by atoms with van der Waals surface area (Å²) in [6.07, 6.45) is 0.740. The molecule has 0 aliphatic heterocycles. The second kappa shape index (κ2) is 4.35. The monoisotopic (exact) mass is 236 g/mol. The van der Waals surface area contributed by atoms with E-state index in [9.17, 15) is 8.78 Å². The first-order valence-electron chi connectivity index (χ1n) is 3.31. The number of pyridine rings is 1. The Bertz CT molecular complexity index is 255. The van der Waals surface area contributed by atoms with Crippen molar-refractivity contribution >= 4 is 21.6 Å². The van der Waals surface area contributed by atoms with Crippen LogP contribution in [-0.2, 0) is 0 Å². The highest BCUT2D eigenvalue weighted by atomic mass is 79.9. The molecule has 0 saturated carbocycles. The highest BCUT2D eigenvalue weighted by Crippen LogP contribution is 2.13. The molecule has 0 saturated heterocycles. The maximum Gasteiger partial charge on any atom is 0.255 e. The molecule has 1 aromatic heterocycles. The second-order valence-corrected chi connectivity index (χ2v) is 3.08. The standard InChI is InChI=1S/C7H7BrF2N2/c8-5-1-6(3-11-2-5)12-4-7(9)10/h1-3,7,12H,4H2. The average molecular weight is 237 g/mol. The Balaban J connectivity index is 2.52. The minimum atomic E-state index is -2.34. The van der Waals surface area contributed by atoms with Gasteiger partial charge in [0, 0.05) is 10.7 Å². The van der Waals surface area contributed by atoms with Gasteiger partial charge in [-0.3, -0.25) is 4.98 Å². The number of hydrogen-bond donors (Lipinski definition) is 1. The molecule has 0 atom stereocenters. The van der Waals surface area contributed by atoms with Crippen LogP contribution in [0.3, 0.4) is 0 Å². The quantitative estimate of drug-likeness (QED) is 0.873. The number of alkyl halides is 2. The maximum atomic E-state index is 11.7. The van der Waals surface area contributed by atoms with Crippen LogP contribution in [0, 0.1) is 0 Å². The summed E-state index contributed by atoms with van der Waals surface area (Å²) in [5, 5.41) is 2.54. The Hall–Kier alpha value is -0.710. The molecule has 1 rings (SSSR count). The van der Waals surface area contributed by atoms with Crippen LogP contribution < -0.4 is 5.32 Å². The maximum absolute atomic E-state index is 11.7. The SMILES string of the molecule is FC(F)CNc1cncc(Br)c1. The van der Waals surface area contributed by atoms with E-state index < -0.39 is 6.43 Å². The Morgan fingerprint density at radius 3 is 2.83 bits per heavy atom. The van der Waals surface area contributed by atoms with Gasteiger partial charge in [0.2, 0.25) is 0 Å². The highest BCUT2D eigenvalue weighted by Gasteiger charge is 2.01. The highest BCUT2D eigenvalue weighted by molar-refractivity contribution is 9.10. The van der Waals surface area contributed by atoms with Crippen molar-refractivity contribution in [1.29, 1.82) is 0 Å². The van der Waals surface area contributed by atoms with Gasteiger partial charge in [-0.25, -0.2) is 8.78 Å². The zero-order valence-corrected chi connectivity index (χ0v) is 7.68. The lowest BCUT2D eigenvalue weighted by molar-refractivity contribution is 0.163. The molecule has 2 nitrogen and oxygen atoms in total. The molecule has 0 aromatic carbocycles. The van der Waals surface area contributed by atoms with Gasteiger partial charge < -0.3 is 5.32 Å². The van der Waals surface area contributed by atoms with E-state index in [2.05, 4.69) is 26.2 Å². The molecule has 0 aliphatic carbocycles. The van der Waals surface area contributed by atoms with Crippen LogP contribution in [0.15, 0.2) is 22.9 Å². The van der Waals surface area contributed by atoms with Crippen LogP contribution in [0.5, 0.6) is 0 Å². The molecule has 12 heavy (non-hydrogen) atoms. The number of rotatable bonds is 3. The lowest BCUT2D eigenvalue weighted by atomic mass is 10.4. The smallest absolute Gasteiger partial charge is 0.255 e. The van der Waals surface area contributed by atoms with E-state index in [0.29, 0.717) is 5.69 Å². The third-order valence-electron chi connectivity index (χ3n) is 1.17. The van der Waals surface area contributed by atoms with E-state index in [1.165, 1.54) is 6.20 Å². The van der Waals surface area contributed by atoms with Gasteiger partial charge in [-0.15, -0.1) is 0 Å². The summed E-state index contributed by atoms with van der Waals surface area (Å²) in [4.78, 5) is 3.81. The fourth-order valence-electron chi connectivity index (χ4n) is 0.704. The van der Waals surface area contributed by atoms with Crippen molar-refractivity contribution in [1.82, 2.24) is 4.98 Å².